The Labute approximate surface area is 200 Å². The molecule has 3 heterocycles. The number of amides is 2. The topological polar surface area (TPSA) is 96.5 Å². The molecule has 1 aliphatic heterocycles. The number of carbonyl (C=O) groups is 2. The molecule has 1 aliphatic rings. The summed E-state index contributed by atoms with van der Waals surface area (Å²) in [6.07, 6.45) is 3.36. The van der Waals surface area contributed by atoms with Crippen molar-refractivity contribution in [2.45, 2.75) is 11.9 Å². The van der Waals surface area contributed by atoms with Crippen molar-refractivity contribution in [2.24, 2.45) is 0 Å². The number of aromatic nitrogens is 3. The van der Waals surface area contributed by atoms with E-state index in [1.165, 1.54) is 21.5 Å². The fourth-order valence-electron chi connectivity index (χ4n) is 3.63. The summed E-state index contributed by atoms with van der Waals surface area (Å²) in [6, 6.07) is 18.8. The zero-order valence-corrected chi connectivity index (χ0v) is 19.4. The summed E-state index contributed by atoms with van der Waals surface area (Å²) in [5.74, 6) is -0.131. The zero-order valence-electron chi connectivity index (χ0n) is 18.6. The van der Waals surface area contributed by atoms with E-state index in [-0.39, 0.29) is 12.5 Å². The van der Waals surface area contributed by atoms with Crippen LogP contribution in [0.15, 0.2) is 76.2 Å². The lowest BCUT2D eigenvalue weighted by Gasteiger charge is -2.22. The maximum atomic E-state index is 13.3. The van der Waals surface area contributed by atoms with Gasteiger partial charge in [-0.15, -0.1) is 5.10 Å². The van der Waals surface area contributed by atoms with Gasteiger partial charge in [-0.1, -0.05) is 41.2 Å². The van der Waals surface area contributed by atoms with Crippen LogP contribution in [0.2, 0.25) is 0 Å². The number of nitrogens with one attached hydrogen (secondary N) is 1. The molecule has 0 spiro atoms. The Morgan fingerprint density at radius 1 is 1.15 bits per heavy atom. The molecule has 5 rings (SSSR count). The fraction of sp³-hybridized carbons (Fsp3) is 0.167. The minimum Gasteiger partial charge on any atom is -0.466 e. The highest BCUT2D eigenvalue weighted by Gasteiger charge is 2.40. The number of thioether (sulfide) groups is 1. The summed E-state index contributed by atoms with van der Waals surface area (Å²) in [4.78, 5) is 28.7. The molecule has 0 bridgehead atoms. The van der Waals surface area contributed by atoms with E-state index < -0.39 is 11.3 Å². The molecule has 2 amide bonds. The summed E-state index contributed by atoms with van der Waals surface area (Å²) in [7, 11) is 3.95. The maximum Gasteiger partial charge on any atom is 0.280 e. The maximum absolute atomic E-state index is 13.3. The second-order valence-corrected chi connectivity index (χ2v) is 9.05. The molecule has 0 saturated carbocycles. The van der Waals surface area contributed by atoms with Gasteiger partial charge in [0.2, 0.25) is 0 Å². The number of benzene rings is 2. The first-order chi connectivity index (χ1) is 16.5. The van der Waals surface area contributed by atoms with Gasteiger partial charge in [-0.2, -0.15) is 0 Å². The third-order valence-corrected chi connectivity index (χ3v) is 6.57. The summed E-state index contributed by atoms with van der Waals surface area (Å²) in [6.45, 7) is -0.0785. The van der Waals surface area contributed by atoms with Crippen LogP contribution in [0, 0.1) is 0 Å². The van der Waals surface area contributed by atoms with Crippen molar-refractivity contribution in [1.29, 1.82) is 0 Å². The van der Waals surface area contributed by atoms with Crippen LogP contribution in [0.25, 0.3) is 17.1 Å². The van der Waals surface area contributed by atoms with E-state index >= 15 is 0 Å². The number of nitrogens with zero attached hydrogens (tertiary/aromatic N) is 5. The predicted octanol–water partition coefficient (Wildman–Crippen LogP) is 3.44. The number of para-hydroxylation sites is 1. The number of carbonyl (C=O) groups excluding carboxylic acids is 2. The highest BCUT2D eigenvalue weighted by atomic mass is 32.2. The number of hydrazine groups is 1. The highest BCUT2D eigenvalue weighted by Crippen LogP contribution is 2.45. The quantitative estimate of drug-likeness (QED) is 0.428. The van der Waals surface area contributed by atoms with E-state index in [9.17, 15) is 9.59 Å². The molecule has 0 aliphatic carbocycles. The first-order valence-corrected chi connectivity index (χ1v) is 11.5. The second-order valence-electron chi connectivity index (χ2n) is 7.93. The summed E-state index contributed by atoms with van der Waals surface area (Å²) in [5.41, 5.74) is 6.13. The van der Waals surface area contributed by atoms with E-state index in [2.05, 4.69) is 15.7 Å². The lowest BCUT2D eigenvalue weighted by molar-refractivity contribution is -0.138. The molecule has 2 aromatic heterocycles. The van der Waals surface area contributed by atoms with Gasteiger partial charge in [0.25, 0.3) is 11.8 Å². The van der Waals surface area contributed by atoms with Crippen molar-refractivity contribution in [2.75, 3.05) is 19.0 Å². The first-order valence-electron chi connectivity index (χ1n) is 10.6. The monoisotopic (exact) mass is 474 g/mol. The molecule has 1 fully saturated rings. The Morgan fingerprint density at radius 3 is 2.68 bits per heavy atom. The van der Waals surface area contributed by atoms with Crippen molar-refractivity contribution in [3.05, 3.63) is 83.2 Å². The second kappa shape index (κ2) is 9.06. The standard InChI is InChI=1S/C24H22N6O3S/c1-28(2)17-11-9-16(10-12-17)14-21-23(32)30(24(34-21)20-8-5-13-33-20)26-22(31)15-29-19-7-4-3-6-18(19)25-27-29/h3-14,24H,15H2,1-2H3,(H,26,31)/b21-14-. The van der Waals surface area contributed by atoms with Crippen molar-refractivity contribution in [3.8, 4) is 0 Å². The van der Waals surface area contributed by atoms with Crippen LogP contribution < -0.4 is 10.3 Å². The van der Waals surface area contributed by atoms with E-state index in [1.807, 2.05) is 73.6 Å². The van der Waals surface area contributed by atoms with Crippen molar-refractivity contribution in [1.82, 2.24) is 25.4 Å². The fourth-order valence-corrected chi connectivity index (χ4v) is 4.78. The number of hydrogen-bond acceptors (Lipinski definition) is 7. The molecule has 2 aromatic carbocycles. The average molecular weight is 475 g/mol. The highest BCUT2D eigenvalue weighted by molar-refractivity contribution is 8.04. The van der Waals surface area contributed by atoms with Gasteiger partial charge in [0.05, 0.1) is 16.7 Å². The molecule has 9 nitrogen and oxygen atoms in total. The number of fused-ring (bicyclic) bond motifs is 1. The van der Waals surface area contributed by atoms with Crippen LogP contribution in [-0.2, 0) is 16.1 Å². The third kappa shape index (κ3) is 4.27. The summed E-state index contributed by atoms with van der Waals surface area (Å²) in [5, 5.41) is 8.91. The van der Waals surface area contributed by atoms with Gasteiger partial charge in [-0.3, -0.25) is 15.0 Å². The molecule has 0 radical (unpaired) electrons. The Kier molecular flexibility index (Phi) is 5.81. The molecule has 10 heteroatoms. The van der Waals surface area contributed by atoms with Crippen LogP contribution in [0.3, 0.4) is 0 Å². The average Bonchev–Trinajstić information content (AvgIpc) is 3.56. The van der Waals surface area contributed by atoms with E-state index in [4.69, 9.17) is 4.42 Å². The van der Waals surface area contributed by atoms with Crippen molar-refractivity contribution >= 4 is 46.4 Å². The Morgan fingerprint density at radius 2 is 1.94 bits per heavy atom. The summed E-state index contributed by atoms with van der Waals surface area (Å²) >= 11 is 1.33. The van der Waals surface area contributed by atoms with E-state index in [1.54, 1.807) is 18.4 Å². The molecule has 1 N–H and O–H groups in total. The van der Waals surface area contributed by atoms with Gasteiger partial charge in [-0.05, 0) is 48.0 Å². The van der Waals surface area contributed by atoms with Gasteiger partial charge in [0, 0.05) is 19.8 Å². The third-order valence-electron chi connectivity index (χ3n) is 5.36. The van der Waals surface area contributed by atoms with Gasteiger partial charge in [0.15, 0.2) is 5.37 Å². The number of rotatable bonds is 6. The first kappa shape index (κ1) is 21.8. The molecule has 1 atom stereocenters. The molecule has 1 unspecified atom stereocenters. The minimum absolute atomic E-state index is 0.0785. The number of hydrogen-bond donors (Lipinski definition) is 1. The van der Waals surface area contributed by atoms with Gasteiger partial charge in [-0.25, -0.2) is 9.69 Å². The summed E-state index contributed by atoms with van der Waals surface area (Å²) < 4.78 is 7.06. The predicted molar refractivity (Wildman–Crippen MR) is 130 cm³/mol. The zero-order chi connectivity index (χ0) is 23.7. The Hall–Kier alpha value is -4.05. The SMILES string of the molecule is CN(C)c1ccc(/C=C2\SC(c3ccco3)N(NC(=O)Cn3nnc4ccccc43)C2=O)cc1. The number of furan rings is 1. The van der Waals surface area contributed by atoms with Crippen LogP contribution >= 0.6 is 11.8 Å². The van der Waals surface area contributed by atoms with Crippen LogP contribution in [0.1, 0.15) is 16.7 Å². The Bertz CT molecular complexity index is 1360. The molecular formula is C24H22N6O3S. The van der Waals surface area contributed by atoms with Crippen LogP contribution in [-0.4, -0.2) is 45.9 Å². The molecule has 172 valence electrons. The lowest BCUT2D eigenvalue weighted by atomic mass is 10.2. The van der Waals surface area contributed by atoms with Gasteiger partial charge < -0.3 is 9.32 Å². The van der Waals surface area contributed by atoms with E-state index in [0.717, 1.165) is 16.8 Å². The van der Waals surface area contributed by atoms with Gasteiger partial charge in [0.1, 0.15) is 17.8 Å². The number of anilines is 1. The smallest absolute Gasteiger partial charge is 0.280 e. The lowest BCUT2D eigenvalue weighted by Crippen LogP contribution is -2.45. The van der Waals surface area contributed by atoms with E-state index in [0.29, 0.717) is 16.2 Å². The van der Waals surface area contributed by atoms with Crippen molar-refractivity contribution < 1.29 is 14.0 Å². The molecule has 1 saturated heterocycles. The molecule has 4 aromatic rings. The van der Waals surface area contributed by atoms with Crippen LogP contribution in [0.5, 0.6) is 0 Å². The van der Waals surface area contributed by atoms with Crippen molar-refractivity contribution in [3.63, 3.8) is 0 Å². The molecule has 34 heavy (non-hydrogen) atoms. The van der Waals surface area contributed by atoms with Crippen LogP contribution in [0.4, 0.5) is 5.69 Å². The van der Waals surface area contributed by atoms with Gasteiger partial charge >= 0.3 is 0 Å². The minimum atomic E-state index is -0.522. The molecular weight excluding hydrogens is 452 g/mol. The normalized spacial score (nSPS) is 17.0. The Balaban J connectivity index is 1.38. The largest absolute Gasteiger partial charge is 0.466 e.